The van der Waals surface area contributed by atoms with Crippen molar-refractivity contribution in [1.82, 2.24) is 9.71 Å². The van der Waals surface area contributed by atoms with Gasteiger partial charge in [-0.05, 0) is 32.4 Å². The molecule has 0 unspecified atom stereocenters. The zero-order valence-corrected chi connectivity index (χ0v) is 13.4. The maximum atomic E-state index is 12.2. The Kier molecular flexibility index (Phi) is 4.57. The first-order chi connectivity index (χ1) is 9.38. The van der Waals surface area contributed by atoms with Crippen molar-refractivity contribution in [2.24, 2.45) is 0 Å². The van der Waals surface area contributed by atoms with Gasteiger partial charge in [0, 0.05) is 24.0 Å². The van der Waals surface area contributed by atoms with Crippen LogP contribution >= 0.6 is 11.3 Å². The van der Waals surface area contributed by atoms with Crippen molar-refractivity contribution >= 4 is 21.4 Å². The largest absolute Gasteiger partial charge is 0.249 e. The molecule has 2 rings (SSSR count). The quantitative estimate of drug-likeness (QED) is 0.923. The van der Waals surface area contributed by atoms with Crippen LogP contribution in [0.4, 0.5) is 0 Å². The Morgan fingerprint density at radius 1 is 1.25 bits per heavy atom. The molecule has 6 heteroatoms. The fourth-order valence-electron chi connectivity index (χ4n) is 1.99. The summed E-state index contributed by atoms with van der Waals surface area (Å²) in [4.78, 5) is 5.70. The molecular weight excluding hydrogens is 292 g/mol. The molecule has 0 radical (unpaired) electrons. The average molecular weight is 310 g/mol. The van der Waals surface area contributed by atoms with E-state index in [-0.39, 0.29) is 0 Å². The molecule has 0 saturated carbocycles. The lowest BCUT2D eigenvalue weighted by molar-refractivity contribution is 0.581. The Labute approximate surface area is 123 Å². The van der Waals surface area contributed by atoms with Crippen molar-refractivity contribution in [3.05, 3.63) is 45.4 Å². The van der Waals surface area contributed by atoms with Gasteiger partial charge in [0.15, 0.2) is 0 Å². The highest BCUT2D eigenvalue weighted by atomic mass is 32.2. The number of rotatable bonds is 5. The number of nitrogens with zero attached hydrogens (tertiary/aromatic N) is 1. The Balaban J connectivity index is 2.04. The van der Waals surface area contributed by atoms with Crippen LogP contribution in [0.2, 0.25) is 0 Å². The highest BCUT2D eigenvalue weighted by Crippen LogP contribution is 2.16. The van der Waals surface area contributed by atoms with E-state index in [9.17, 15) is 8.42 Å². The van der Waals surface area contributed by atoms with Crippen molar-refractivity contribution in [2.75, 3.05) is 6.54 Å². The van der Waals surface area contributed by atoms with Gasteiger partial charge >= 0.3 is 0 Å². The predicted octanol–water partition coefficient (Wildman–Crippen LogP) is 2.59. The second-order valence-electron chi connectivity index (χ2n) is 4.78. The number of thiazole rings is 1. The lowest BCUT2D eigenvalue weighted by atomic mass is 10.2. The van der Waals surface area contributed by atoms with Crippen molar-refractivity contribution in [3.8, 4) is 0 Å². The molecule has 2 aromatic rings. The van der Waals surface area contributed by atoms with Gasteiger partial charge in [-0.1, -0.05) is 17.7 Å². The van der Waals surface area contributed by atoms with E-state index in [1.165, 1.54) is 0 Å². The third-order valence-corrected chi connectivity index (χ3v) is 5.51. The molecule has 1 heterocycles. The summed E-state index contributed by atoms with van der Waals surface area (Å²) in [7, 11) is -3.44. The van der Waals surface area contributed by atoms with E-state index < -0.39 is 10.0 Å². The highest BCUT2D eigenvalue weighted by Gasteiger charge is 2.16. The topological polar surface area (TPSA) is 59.1 Å². The monoisotopic (exact) mass is 310 g/mol. The van der Waals surface area contributed by atoms with Crippen LogP contribution in [0.1, 0.15) is 21.0 Å². The first kappa shape index (κ1) is 15.2. The molecular formula is C14H18N2O2S2. The predicted molar refractivity (Wildman–Crippen MR) is 81.7 cm³/mol. The van der Waals surface area contributed by atoms with E-state index in [0.29, 0.717) is 17.9 Å². The van der Waals surface area contributed by atoms with E-state index in [1.54, 1.807) is 23.6 Å². The normalized spacial score (nSPS) is 11.8. The van der Waals surface area contributed by atoms with Crippen LogP contribution in [-0.4, -0.2) is 19.9 Å². The van der Waals surface area contributed by atoms with Crippen molar-refractivity contribution in [3.63, 3.8) is 0 Å². The fourth-order valence-corrected chi connectivity index (χ4v) is 4.03. The number of aromatic nitrogens is 1. The van der Waals surface area contributed by atoms with Crippen LogP contribution in [0.5, 0.6) is 0 Å². The minimum Gasteiger partial charge on any atom is -0.249 e. The standard InChI is InChI=1S/C14H18N2O2S2/c1-10-4-5-13(11(2)8-10)20(17,18)16-7-6-14-15-9-12(3)19-14/h4-5,8-9,16H,6-7H2,1-3H3. The zero-order valence-electron chi connectivity index (χ0n) is 11.8. The minimum absolute atomic E-state index is 0.346. The molecule has 4 nitrogen and oxygen atoms in total. The maximum Gasteiger partial charge on any atom is 0.240 e. The summed E-state index contributed by atoms with van der Waals surface area (Å²) in [6.45, 7) is 6.11. The third-order valence-electron chi connectivity index (χ3n) is 2.92. The second-order valence-corrected chi connectivity index (χ2v) is 7.84. The fraction of sp³-hybridized carbons (Fsp3) is 0.357. The Morgan fingerprint density at radius 3 is 2.60 bits per heavy atom. The van der Waals surface area contributed by atoms with Crippen LogP contribution in [0.25, 0.3) is 0 Å². The van der Waals surface area contributed by atoms with E-state index in [4.69, 9.17) is 0 Å². The Morgan fingerprint density at radius 2 is 2.00 bits per heavy atom. The van der Waals surface area contributed by atoms with Crippen LogP contribution in [-0.2, 0) is 16.4 Å². The van der Waals surface area contributed by atoms with Crippen LogP contribution in [0.15, 0.2) is 29.3 Å². The van der Waals surface area contributed by atoms with E-state index >= 15 is 0 Å². The van der Waals surface area contributed by atoms with Gasteiger partial charge in [0.2, 0.25) is 10.0 Å². The summed E-state index contributed by atoms with van der Waals surface area (Å²) >= 11 is 1.59. The maximum absolute atomic E-state index is 12.2. The van der Waals surface area contributed by atoms with Crippen molar-refractivity contribution in [1.29, 1.82) is 0 Å². The molecule has 108 valence electrons. The Hall–Kier alpha value is -1.24. The summed E-state index contributed by atoms with van der Waals surface area (Å²) in [5, 5.41) is 0.950. The first-order valence-corrected chi connectivity index (χ1v) is 8.67. The SMILES string of the molecule is Cc1ccc(S(=O)(=O)NCCc2ncc(C)s2)c(C)c1. The first-order valence-electron chi connectivity index (χ1n) is 6.37. The number of hydrogen-bond acceptors (Lipinski definition) is 4. The smallest absolute Gasteiger partial charge is 0.240 e. The highest BCUT2D eigenvalue weighted by molar-refractivity contribution is 7.89. The molecule has 0 atom stereocenters. The molecule has 1 aromatic carbocycles. The third kappa shape index (κ3) is 3.65. The summed E-state index contributed by atoms with van der Waals surface area (Å²) in [5.74, 6) is 0. The molecule has 0 aliphatic rings. The zero-order chi connectivity index (χ0) is 14.8. The van der Waals surface area contributed by atoms with Crippen LogP contribution < -0.4 is 4.72 Å². The molecule has 20 heavy (non-hydrogen) atoms. The molecule has 0 spiro atoms. The van der Waals surface area contributed by atoms with Gasteiger partial charge in [-0.15, -0.1) is 11.3 Å². The van der Waals surface area contributed by atoms with Gasteiger partial charge in [-0.25, -0.2) is 18.1 Å². The molecule has 1 N–H and O–H groups in total. The second kappa shape index (κ2) is 6.03. The number of sulfonamides is 1. The van der Waals surface area contributed by atoms with E-state index in [2.05, 4.69) is 9.71 Å². The number of aryl methyl sites for hydroxylation is 3. The van der Waals surface area contributed by atoms with Crippen molar-refractivity contribution in [2.45, 2.75) is 32.1 Å². The number of hydrogen-bond donors (Lipinski definition) is 1. The Bertz CT molecular complexity index is 706. The summed E-state index contributed by atoms with van der Waals surface area (Å²) in [5.41, 5.74) is 1.82. The van der Waals surface area contributed by atoms with Gasteiger partial charge in [0.25, 0.3) is 0 Å². The van der Waals surface area contributed by atoms with Gasteiger partial charge in [0.1, 0.15) is 0 Å². The molecule has 0 aliphatic carbocycles. The minimum atomic E-state index is -3.44. The molecule has 0 aliphatic heterocycles. The number of benzene rings is 1. The summed E-state index contributed by atoms with van der Waals surface area (Å²) in [6, 6.07) is 5.34. The van der Waals surface area contributed by atoms with Gasteiger partial charge in [-0.2, -0.15) is 0 Å². The van der Waals surface area contributed by atoms with Gasteiger partial charge < -0.3 is 0 Å². The summed E-state index contributed by atoms with van der Waals surface area (Å²) in [6.07, 6.45) is 2.42. The molecule has 1 aromatic heterocycles. The van der Waals surface area contributed by atoms with E-state index in [0.717, 1.165) is 21.0 Å². The van der Waals surface area contributed by atoms with Gasteiger partial charge in [-0.3, -0.25) is 0 Å². The lowest BCUT2D eigenvalue weighted by Gasteiger charge is -2.09. The molecule has 0 amide bonds. The molecule has 0 saturated heterocycles. The van der Waals surface area contributed by atoms with Crippen molar-refractivity contribution < 1.29 is 8.42 Å². The van der Waals surface area contributed by atoms with Crippen LogP contribution in [0.3, 0.4) is 0 Å². The lowest BCUT2D eigenvalue weighted by Crippen LogP contribution is -2.26. The average Bonchev–Trinajstić information content (AvgIpc) is 2.74. The van der Waals surface area contributed by atoms with Gasteiger partial charge in [0.05, 0.1) is 9.90 Å². The molecule has 0 bridgehead atoms. The van der Waals surface area contributed by atoms with E-state index in [1.807, 2.05) is 32.9 Å². The molecule has 0 fully saturated rings. The summed E-state index contributed by atoms with van der Waals surface area (Å²) < 4.78 is 27.1. The number of nitrogens with one attached hydrogen (secondary N) is 1. The van der Waals surface area contributed by atoms with Crippen LogP contribution in [0, 0.1) is 20.8 Å².